The van der Waals surface area contributed by atoms with Gasteiger partial charge in [-0.2, -0.15) is 0 Å². The van der Waals surface area contributed by atoms with Crippen molar-refractivity contribution < 1.29 is 44.3 Å². The molecule has 6 N–H and O–H groups in total. The lowest BCUT2D eigenvalue weighted by Crippen LogP contribution is -2.53. The van der Waals surface area contributed by atoms with Gasteiger partial charge < -0.3 is 35.6 Å². The number of fused-ring (bicyclic) bond motifs is 3. The molecule has 0 radical (unpaired) electrons. The first-order valence-electron chi connectivity index (χ1n) is 11.3. The number of rotatable bonds is 3. The van der Waals surface area contributed by atoms with Gasteiger partial charge in [-0.3, -0.25) is 14.4 Å². The van der Waals surface area contributed by atoms with Crippen LogP contribution in [-0.4, -0.2) is 68.4 Å². The molecule has 1 fully saturated rings. The number of phenolic OH excluding ortho intramolecular Hbond substituents is 2. The molecule has 184 valence electrons. The molecule has 10 nitrogen and oxygen atoms in total. The molecule has 1 saturated heterocycles. The first-order chi connectivity index (χ1) is 16.5. The van der Waals surface area contributed by atoms with E-state index in [4.69, 9.17) is 15.2 Å². The topological polar surface area (TPSA) is 177 Å². The van der Waals surface area contributed by atoms with Crippen LogP contribution < -0.4 is 5.73 Å². The Morgan fingerprint density at radius 1 is 1.06 bits per heavy atom. The summed E-state index contributed by atoms with van der Waals surface area (Å²) in [5.74, 6) is -2.74. The smallest absolute Gasteiger partial charge is 0.198 e. The highest BCUT2D eigenvalue weighted by molar-refractivity contribution is 6.30. The van der Waals surface area contributed by atoms with Gasteiger partial charge in [0.15, 0.2) is 17.9 Å². The Balaban J connectivity index is 1.67. The molecule has 0 spiro atoms. The number of hydrogen-bond donors (Lipinski definition) is 5. The Kier molecular flexibility index (Phi) is 5.53. The lowest BCUT2D eigenvalue weighted by Gasteiger charge is -2.41. The van der Waals surface area contributed by atoms with Crippen LogP contribution >= 0.6 is 0 Å². The molecule has 5 rings (SSSR count). The van der Waals surface area contributed by atoms with E-state index in [2.05, 4.69) is 0 Å². The molecule has 0 aromatic heterocycles. The van der Waals surface area contributed by atoms with E-state index in [-0.39, 0.29) is 59.3 Å². The lowest BCUT2D eigenvalue weighted by molar-refractivity contribution is -0.238. The fourth-order valence-electron chi connectivity index (χ4n) is 5.13. The molecule has 2 aromatic carbocycles. The second-order valence-electron chi connectivity index (χ2n) is 9.39. The molecule has 35 heavy (non-hydrogen) atoms. The summed E-state index contributed by atoms with van der Waals surface area (Å²) in [5, 5.41) is 42.3. The standard InChI is InChI=1S/C25H25NO9/c1-10(27)25(26)7-13-18(16(8-25)35-17-6-14(28)15(29)9-34-17)24(33)20-19(23(13)32)21(30)11-4-2-3-5-12(11)22(20)31/h2-5,14-17,28-29,32-33H,6-9,26H2,1H3/t14-,15+,16+,17-,25+/m1/s1. The van der Waals surface area contributed by atoms with Gasteiger partial charge in [-0.25, -0.2) is 0 Å². The number of aliphatic hydroxyl groups excluding tert-OH is 2. The zero-order valence-corrected chi connectivity index (χ0v) is 18.9. The van der Waals surface area contributed by atoms with E-state index in [0.29, 0.717) is 0 Å². The maximum absolute atomic E-state index is 13.3. The second kappa shape index (κ2) is 8.21. The highest BCUT2D eigenvalue weighted by Crippen LogP contribution is 2.51. The van der Waals surface area contributed by atoms with Crippen molar-refractivity contribution in [1.29, 1.82) is 0 Å². The SMILES string of the molecule is CC(=O)[C@]1(N)Cc2c(O)c3c(c(O)c2[C@@H](O[C@@H]2C[C@@H](O)[C@@H](O)CO2)C1)C(=O)c1ccccc1C3=O. The number of phenols is 2. The van der Waals surface area contributed by atoms with E-state index in [1.54, 1.807) is 12.1 Å². The third kappa shape index (κ3) is 3.57. The minimum Gasteiger partial charge on any atom is -0.507 e. The van der Waals surface area contributed by atoms with Crippen molar-refractivity contribution in [1.82, 2.24) is 0 Å². The Bertz CT molecular complexity index is 1270. The third-order valence-corrected chi connectivity index (χ3v) is 7.17. The van der Waals surface area contributed by atoms with Crippen LogP contribution in [0.15, 0.2) is 24.3 Å². The van der Waals surface area contributed by atoms with Gasteiger partial charge in [-0.05, 0) is 6.92 Å². The number of nitrogens with two attached hydrogens (primary N) is 1. The summed E-state index contributed by atoms with van der Waals surface area (Å²) in [6.45, 7) is 1.09. The number of aliphatic hydroxyl groups is 2. The molecule has 1 heterocycles. The molecule has 2 aromatic rings. The van der Waals surface area contributed by atoms with Crippen LogP contribution in [0.2, 0.25) is 0 Å². The molecule has 2 aliphatic carbocycles. The molecule has 3 aliphatic rings. The number of aromatic hydroxyl groups is 2. The number of carbonyl (C=O) groups is 3. The van der Waals surface area contributed by atoms with Gasteiger partial charge in [0.1, 0.15) is 23.4 Å². The molecular formula is C25H25NO9. The Labute approximate surface area is 199 Å². The van der Waals surface area contributed by atoms with E-state index >= 15 is 0 Å². The van der Waals surface area contributed by atoms with Crippen LogP contribution in [0.25, 0.3) is 0 Å². The molecule has 0 saturated carbocycles. The average Bonchev–Trinajstić information content (AvgIpc) is 2.82. The fourth-order valence-corrected chi connectivity index (χ4v) is 5.13. The number of ketones is 3. The summed E-state index contributed by atoms with van der Waals surface area (Å²) in [6.07, 6.45) is -4.74. The van der Waals surface area contributed by atoms with Crippen molar-refractivity contribution in [2.75, 3.05) is 6.61 Å². The number of Topliss-reactive ketones (excluding diaryl/α,β-unsaturated/α-hetero) is 1. The fraction of sp³-hybridized carbons (Fsp3) is 0.400. The summed E-state index contributed by atoms with van der Waals surface area (Å²) in [6, 6.07) is 6.10. The normalized spacial score (nSPS) is 29.8. The van der Waals surface area contributed by atoms with Gasteiger partial charge in [-0.1, -0.05) is 24.3 Å². The van der Waals surface area contributed by atoms with Crippen molar-refractivity contribution in [2.24, 2.45) is 5.73 Å². The predicted molar refractivity (Wildman–Crippen MR) is 119 cm³/mol. The molecule has 1 aliphatic heterocycles. The van der Waals surface area contributed by atoms with Crippen molar-refractivity contribution in [3.05, 3.63) is 57.6 Å². The first-order valence-corrected chi connectivity index (χ1v) is 11.3. The minimum atomic E-state index is -1.50. The van der Waals surface area contributed by atoms with Crippen LogP contribution in [0.1, 0.15) is 68.8 Å². The molecular weight excluding hydrogens is 458 g/mol. The van der Waals surface area contributed by atoms with E-state index in [0.717, 1.165) is 0 Å². The maximum Gasteiger partial charge on any atom is 0.198 e. The first kappa shape index (κ1) is 23.6. The van der Waals surface area contributed by atoms with Gasteiger partial charge in [0.05, 0.1) is 35.5 Å². The van der Waals surface area contributed by atoms with Crippen molar-refractivity contribution in [3.8, 4) is 11.5 Å². The van der Waals surface area contributed by atoms with Gasteiger partial charge in [-0.15, -0.1) is 0 Å². The van der Waals surface area contributed by atoms with E-state index in [1.807, 2.05) is 0 Å². The number of ether oxygens (including phenoxy) is 2. The molecule has 10 heteroatoms. The zero-order chi connectivity index (χ0) is 25.2. The number of carbonyl (C=O) groups excluding carboxylic acids is 3. The van der Waals surface area contributed by atoms with Crippen LogP contribution in [0, 0.1) is 0 Å². The van der Waals surface area contributed by atoms with Crippen LogP contribution in [-0.2, 0) is 20.7 Å². The van der Waals surface area contributed by atoms with Crippen molar-refractivity contribution >= 4 is 17.3 Å². The van der Waals surface area contributed by atoms with E-state index in [9.17, 15) is 34.8 Å². The predicted octanol–water partition coefficient (Wildman–Crippen LogP) is 0.632. The average molecular weight is 483 g/mol. The maximum atomic E-state index is 13.3. The molecule has 5 atom stereocenters. The summed E-state index contributed by atoms with van der Waals surface area (Å²) in [5.41, 5.74) is 4.47. The molecule has 0 amide bonds. The van der Waals surface area contributed by atoms with Crippen LogP contribution in [0.3, 0.4) is 0 Å². The van der Waals surface area contributed by atoms with E-state index < -0.39 is 59.0 Å². The van der Waals surface area contributed by atoms with Gasteiger partial charge in [0.25, 0.3) is 0 Å². The Hall–Kier alpha value is -3.15. The van der Waals surface area contributed by atoms with Crippen LogP contribution in [0.4, 0.5) is 0 Å². The molecule has 0 bridgehead atoms. The van der Waals surface area contributed by atoms with Gasteiger partial charge >= 0.3 is 0 Å². The van der Waals surface area contributed by atoms with Crippen molar-refractivity contribution in [3.63, 3.8) is 0 Å². The van der Waals surface area contributed by atoms with E-state index in [1.165, 1.54) is 19.1 Å². The van der Waals surface area contributed by atoms with Gasteiger partial charge in [0, 0.05) is 41.5 Å². The molecule has 0 unspecified atom stereocenters. The number of benzene rings is 2. The number of hydrogen-bond acceptors (Lipinski definition) is 10. The minimum absolute atomic E-state index is 0.0344. The monoisotopic (exact) mass is 483 g/mol. The summed E-state index contributed by atoms with van der Waals surface area (Å²) in [7, 11) is 0. The highest BCUT2D eigenvalue weighted by Gasteiger charge is 2.48. The Morgan fingerprint density at radius 2 is 1.66 bits per heavy atom. The second-order valence-corrected chi connectivity index (χ2v) is 9.39. The van der Waals surface area contributed by atoms with Crippen molar-refractivity contribution in [2.45, 2.75) is 56.3 Å². The van der Waals surface area contributed by atoms with Crippen LogP contribution in [0.5, 0.6) is 11.5 Å². The lowest BCUT2D eigenvalue weighted by atomic mass is 9.71. The highest BCUT2D eigenvalue weighted by atomic mass is 16.7. The summed E-state index contributed by atoms with van der Waals surface area (Å²) in [4.78, 5) is 39.0. The summed E-state index contributed by atoms with van der Waals surface area (Å²) < 4.78 is 11.4. The Morgan fingerprint density at radius 3 is 2.23 bits per heavy atom. The largest absolute Gasteiger partial charge is 0.507 e. The quantitative estimate of drug-likeness (QED) is 0.332. The summed E-state index contributed by atoms with van der Waals surface area (Å²) >= 11 is 0. The van der Waals surface area contributed by atoms with Gasteiger partial charge in [0.2, 0.25) is 0 Å². The zero-order valence-electron chi connectivity index (χ0n) is 18.9. The third-order valence-electron chi connectivity index (χ3n) is 7.17.